The number of hydrogen-bond donors (Lipinski definition) is 0. The van der Waals surface area contributed by atoms with Gasteiger partial charge in [0.25, 0.3) is 11.4 Å². The molecule has 0 aromatic heterocycles. The third-order valence-electron chi connectivity index (χ3n) is 7.50. The molecule has 0 N–H and O–H groups in total. The second kappa shape index (κ2) is 11.7. The summed E-state index contributed by atoms with van der Waals surface area (Å²) in [5.74, 6) is 0.249. The second-order valence-electron chi connectivity index (χ2n) is 10.3. The molecule has 0 saturated heterocycles. The van der Waals surface area contributed by atoms with E-state index in [1.54, 1.807) is 86.5 Å². The van der Waals surface area contributed by atoms with Gasteiger partial charge in [0, 0.05) is 40.8 Å². The number of amides is 1. The highest BCUT2D eigenvalue weighted by Crippen LogP contribution is 2.54. The first-order valence-electron chi connectivity index (χ1n) is 13.4. The maximum absolute atomic E-state index is 14.4. The number of methoxy groups -OCH3 is 1. The molecule has 0 aliphatic carbocycles. The zero-order chi connectivity index (χ0) is 30.9. The van der Waals surface area contributed by atoms with E-state index < -0.39 is 27.3 Å². The predicted molar refractivity (Wildman–Crippen MR) is 162 cm³/mol. The van der Waals surface area contributed by atoms with Gasteiger partial charge in [-0.2, -0.15) is 0 Å². The first-order chi connectivity index (χ1) is 20.6. The van der Waals surface area contributed by atoms with Crippen LogP contribution in [0.3, 0.4) is 0 Å². The van der Waals surface area contributed by atoms with E-state index in [4.69, 9.17) is 21.3 Å². The number of halogens is 1. The molecule has 1 amide bonds. The van der Waals surface area contributed by atoms with Gasteiger partial charge in [0.15, 0.2) is 0 Å². The fourth-order valence-electron chi connectivity index (χ4n) is 5.42. The van der Waals surface area contributed by atoms with Crippen molar-refractivity contribution in [2.24, 2.45) is 10.9 Å². The van der Waals surface area contributed by atoms with E-state index in [2.05, 4.69) is 0 Å². The van der Waals surface area contributed by atoms with Crippen molar-refractivity contribution in [3.8, 4) is 5.75 Å². The lowest BCUT2D eigenvalue weighted by Gasteiger charge is -2.44. The average molecular weight is 599 g/mol. The van der Waals surface area contributed by atoms with Gasteiger partial charge < -0.3 is 4.74 Å². The molecule has 5 rings (SSSR count). The number of nitro groups is 2. The quantitative estimate of drug-likeness (QED) is 0.157. The van der Waals surface area contributed by atoms with Crippen LogP contribution in [0.25, 0.3) is 0 Å². The normalized spacial score (nSPS) is 15.7. The average Bonchev–Trinajstić information content (AvgIpc) is 3.37. The van der Waals surface area contributed by atoms with E-state index >= 15 is 0 Å². The van der Waals surface area contributed by atoms with Crippen LogP contribution in [0.15, 0.2) is 102 Å². The van der Waals surface area contributed by atoms with Gasteiger partial charge in [-0.15, -0.1) is 0 Å². The lowest BCUT2D eigenvalue weighted by atomic mass is 9.73. The largest absolute Gasteiger partial charge is 0.497 e. The van der Waals surface area contributed by atoms with Crippen LogP contribution in [0.4, 0.5) is 11.4 Å². The molecule has 4 aromatic rings. The van der Waals surface area contributed by atoms with Crippen molar-refractivity contribution in [1.82, 2.24) is 4.90 Å². The summed E-state index contributed by atoms with van der Waals surface area (Å²) in [6, 6.07) is 25.4. The van der Waals surface area contributed by atoms with Crippen LogP contribution in [0, 0.1) is 26.1 Å². The Hall–Kier alpha value is -5.09. The molecule has 43 heavy (non-hydrogen) atoms. The monoisotopic (exact) mass is 598 g/mol. The Bertz CT molecular complexity index is 1650. The number of ether oxygens (including phenoxy) is 1. The number of non-ortho nitro benzene ring substituents is 2. The highest BCUT2D eigenvalue weighted by Gasteiger charge is 2.56. The molecule has 1 unspecified atom stereocenters. The van der Waals surface area contributed by atoms with E-state index in [0.717, 1.165) is 0 Å². The topological polar surface area (TPSA) is 128 Å². The number of nitrogens with zero attached hydrogens (tertiary/aromatic N) is 4. The number of aliphatic imine (C=N–C) groups is 1. The molecule has 0 saturated carbocycles. The number of carbonyl (C=O) groups is 1. The van der Waals surface area contributed by atoms with Crippen molar-refractivity contribution >= 4 is 34.7 Å². The Morgan fingerprint density at radius 2 is 1.33 bits per heavy atom. The van der Waals surface area contributed by atoms with Crippen molar-refractivity contribution in [1.29, 1.82) is 0 Å². The fourth-order valence-corrected chi connectivity index (χ4v) is 5.54. The summed E-state index contributed by atoms with van der Waals surface area (Å²) >= 11 is 6.25. The van der Waals surface area contributed by atoms with Crippen molar-refractivity contribution in [2.45, 2.75) is 25.4 Å². The summed E-state index contributed by atoms with van der Waals surface area (Å²) in [6.07, 6.45) is 0. The van der Waals surface area contributed by atoms with Crippen molar-refractivity contribution in [2.75, 3.05) is 7.11 Å². The molecule has 1 aliphatic heterocycles. The number of nitro benzene ring substituents is 2. The molecular formula is C32H27ClN4O6. The highest BCUT2D eigenvalue weighted by molar-refractivity contribution is 6.30. The van der Waals surface area contributed by atoms with Gasteiger partial charge >= 0.3 is 0 Å². The molecule has 218 valence electrons. The minimum absolute atomic E-state index is 0.123. The van der Waals surface area contributed by atoms with E-state index in [-0.39, 0.29) is 17.3 Å². The molecule has 0 fully saturated rings. The second-order valence-corrected chi connectivity index (χ2v) is 10.8. The van der Waals surface area contributed by atoms with Gasteiger partial charge in [-0.25, -0.2) is 0 Å². The van der Waals surface area contributed by atoms with Crippen LogP contribution in [-0.2, 0) is 10.3 Å². The summed E-state index contributed by atoms with van der Waals surface area (Å²) in [5, 5.41) is 23.7. The van der Waals surface area contributed by atoms with Crippen molar-refractivity contribution in [3.05, 3.63) is 145 Å². The van der Waals surface area contributed by atoms with Gasteiger partial charge in [-0.3, -0.25) is 34.9 Å². The van der Waals surface area contributed by atoms with E-state index in [9.17, 15) is 25.0 Å². The Balaban J connectivity index is 1.89. The molecule has 0 spiro atoms. The van der Waals surface area contributed by atoms with Crippen LogP contribution < -0.4 is 4.74 Å². The fraction of sp³-hybridized carbons (Fsp3) is 0.188. The lowest BCUT2D eigenvalue weighted by Crippen LogP contribution is -2.53. The van der Waals surface area contributed by atoms with Gasteiger partial charge in [0.2, 0.25) is 5.91 Å². The maximum atomic E-state index is 14.4. The summed E-state index contributed by atoms with van der Waals surface area (Å²) < 4.78 is 5.34. The van der Waals surface area contributed by atoms with E-state index in [1.807, 2.05) is 12.1 Å². The van der Waals surface area contributed by atoms with Crippen LogP contribution >= 0.6 is 11.6 Å². The number of carbonyl (C=O) groups excluding carboxylic acids is 1. The van der Waals surface area contributed by atoms with Crippen LogP contribution in [0.2, 0.25) is 5.02 Å². The third-order valence-corrected chi connectivity index (χ3v) is 7.75. The predicted octanol–water partition coefficient (Wildman–Crippen LogP) is 7.09. The Morgan fingerprint density at radius 3 is 1.74 bits per heavy atom. The number of benzene rings is 4. The van der Waals surface area contributed by atoms with E-state index in [0.29, 0.717) is 38.9 Å². The third kappa shape index (κ3) is 5.21. The molecular weight excluding hydrogens is 572 g/mol. The van der Waals surface area contributed by atoms with Gasteiger partial charge in [0.1, 0.15) is 23.2 Å². The summed E-state index contributed by atoms with van der Waals surface area (Å²) in [4.78, 5) is 43.4. The first-order valence-corrected chi connectivity index (χ1v) is 13.8. The highest BCUT2D eigenvalue weighted by atomic mass is 35.5. The summed E-state index contributed by atoms with van der Waals surface area (Å²) in [6.45, 7) is 3.56. The minimum atomic E-state index is -1.39. The van der Waals surface area contributed by atoms with Crippen LogP contribution in [0.1, 0.15) is 42.1 Å². The zero-order valence-corrected chi connectivity index (χ0v) is 24.3. The zero-order valence-electron chi connectivity index (χ0n) is 23.5. The van der Waals surface area contributed by atoms with E-state index in [1.165, 1.54) is 24.3 Å². The number of rotatable bonds is 8. The Labute approximate surface area is 252 Å². The van der Waals surface area contributed by atoms with Gasteiger partial charge in [-0.05, 0) is 77.4 Å². The van der Waals surface area contributed by atoms with Gasteiger partial charge in [0.05, 0.1) is 17.0 Å². The molecule has 0 radical (unpaired) electrons. The first kappa shape index (κ1) is 29.4. The molecule has 1 aliphatic rings. The molecule has 1 atom stereocenters. The van der Waals surface area contributed by atoms with Crippen molar-refractivity contribution in [3.63, 3.8) is 0 Å². The number of amidine groups is 1. The smallest absolute Gasteiger partial charge is 0.269 e. The summed E-state index contributed by atoms with van der Waals surface area (Å²) in [5.41, 5.74) is 0.782. The minimum Gasteiger partial charge on any atom is -0.497 e. The molecule has 4 aromatic carbocycles. The number of hydrogen-bond acceptors (Lipinski definition) is 7. The molecule has 0 bridgehead atoms. The van der Waals surface area contributed by atoms with Crippen LogP contribution in [0.5, 0.6) is 5.75 Å². The molecule has 1 heterocycles. The Morgan fingerprint density at radius 1 is 0.837 bits per heavy atom. The summed E-state index contributed by atoms with van der Waals surface area (Å²) in [7, 11) is 1.56. The van der Waals surface area contributed by atoms with Crippen LogP contribution in [-0.4, -0.2) is 33.6 Å². The van der Waals surface area contributed by atoms with Gasteiger partial charge in [-0.1, -0.05) is 37.6 Å². The molecule has 11 heteroatoms. The Kier molecular flexibility index (Phi) is 7.97. The maximum Gasteiger partial charge on any atom is 0.269 e. The standard InChI is InChI=1S/C32H27ClN4O6/c1-20(2)31(38)35-30(22-6-18-28(43-3)19-7-22)34-29(21-4-12-25(33)13-5-21)32(35,23-8-14-26(15-9-23)36(39)40)24-10-16-27(17-11-24)37(41)42/h4-20,29H,1-3H3. The molecule has 10 nitrogen and oxygen atoms in total. The SMILES string of the molecule is COc1ccc(C2=NC(c3ccc(Cl)cc3)C(c3ccc([N+](=O)[O-])cc3)(c3ccc([N+](=O)[O-])cc3)N2C(=O)C(C)C)cc1. The lowest BCUT2D eigenvalue weighted by molar-refractivity contribution is -0.385. The van der Waals surface area contributed by atoms with Crippen molar-refractivity contribution < 1.29 is 19.4 Å².